The van der Waals surface area contributed by atoms with Crippen LogP contribution in [0.1, 0.15) is 5.76 Å². The maximum atomic E-state index is 12.0. The van der Waals surface area contributed by atoms with Crippen molar-refractivity contribution in [1.82, 2.24) is 10.2 Å². The first-order valence-corrected chi connectivity index (χ1v) is 7.04. The average molecular weight is 331 g/mol. The zero-order valence-electron chi connectivity index (χ0n) is 12.0. The molecule has 1 aliphatic rings. The number of hydrogen-bond donors (Lipinski definition) is 1. The van der Waals surface area contributed by atoms with E-state index in [0.717, 1.165) is 10.5 Å². The molecule has 0 radical (unpaired) electrons. The number of rotatable bonds is 2. The van der Waals surface area contributed by atoms with Crippen molar-refractivity contribution in [2.45, 2.75) is 0 Å². The molecule has 23 heavy (non-hydrogen) atoms. The fourth-order valence-electron chi connectivity index (χ4n) is 2.09. The van der Waals surface area contributed by atoms with Crippen LogP contribution in [0.2, 0.25) is 5.02 Å². The molecule has 4 amide bonds. The Bertz CT molecular complexity index is 836. The number of barbiturate groups is 1. The number of urea groups is 1. The van der Waals surface area contributed by atoms with Crippen LogP contribution in [-0.2, 0) is 9.59 Å². The maximum Gasteiger partial charge on any atom is 0.331 e. The van der Waals surface area contributed by atoms with Gasteiger partial charge in [-0.05, 0) is 42.5 Å². The van der Waals surface area contributed by atoms with Crippen molar-refractivity contribution in [2.75, 3.05) is 7.05 Å². The highest BCUT2D eigenvalue weighted by molar-refractivity contribution is 6.31. The second-order valence-corrected chi connectivity index (χ2v) is 5.33. The van der Waals surface area contributed by atoms with E-state index >= 15 is 0 Å². The van der Waals surface area contributed by atoms with Crippen LogP contribution in [-0.4, -0.2) is 29.8 Å². The molecule has 0 bridgehead atoms. The van der Waals surface area contributed by atoms with Gasteiger partial charge in [0.15, 0.2) is 0 Å². The van der Waals surface area contributed by atoms with Gasteiger partial charge in [-0.1, -0.05) is 11.6 Å². The number of nitrogens with zero attached hydrogens (tertiary/aromatic N) is 1. The van der Waals surface area contributed by atoms with E-state index in [4.69, 9.17) is 16.0 Å². The number of amides is 4. The second-order valence-electron chi connectivity index (χ2n) is 4.89. The number of imide groups is 2. The Morgan fingerprint density at radius 3 is 2.48 bits per heavy atom. The molecule has 6 nitrogen and oxygen atoms in total. The van der Waals surface area contributed by atoms with Crippen LogP contribution < -0.4 is 5.32 Å². The van der Waals surface area contributed by atoms with Crippen LogP contribution >= 0.6 is 11.6 Å². The molecule has 7 heteroatoms. The molecule has 0 unspecified atom stereocenters. The number of carbonyl (C=O) groups is 3. The summed E-state index contributed by atoms with van der Waals surface area (Å²) < 4.78 is 5.62. The van der Waals surface area contributed by atoms with Gasteiger partial charge in [0, 0.05) is 17.6 Å². The van der Waals surface area contributed by atoms with Crippen molar-refractivity contribution in [3.63, 3.8) is 0 Å². The first kappa shape index (κ1) is 15.1. The van der Waals surface area contributed by atoms with E-state index in [1.165, 1.54) is 13.1 Å². The van der Waals surface area contributed by atoms with Crippen LogP contribution in [0.15, 0.2) is 46.4 Å². The molecule has 116 valence electrons. The number of nitrogens with one attached hydrogen (secondary N) is 1. The number of benzene rings is 1. The van der Waals surface area contributed by atoms with E-state index in [2.05, 4.69) is 5.32 Å². The summed E-state index contributed by atoms with van der Waals surface area (Å²) in [5, 5.41) is 2.69. The molecular weight excluding hydrogens is 320 g/mol. The van der Waals surface area contributed by atoms with Gasteiger partial charge in [0.25, 0.3) is 11.8 Å². The van der Waals surface area contributed by atoms with E-state index in [1.54, 1.807) is 36.4 Å². The Balaban J connectivity index is 1.91. The van der Waals surface area contributed by atoms with E-state index in [-0.39, 0.29) is 5.57 Å². The van der Waals surface area contributed by atoms with Gasteiger partial charge in [0.2, 0.25) is 0 Å². The quantitative estimate of drug-likeness (QED) is 0.678. The smallest absolute Gasteiger partial charge is 0.331 e. The molecule has 3 rings (SSSR count). The zero-order valence-corrected chi connectivity index (χ0v) is 12.8. The Morgan fingerprint density at radius 1 is 1.09 bits per heavy atom. The first-order chi connectivity index (χ1) is 11.0. The number of carbonyl (C=O) groups excluding carboxylic acids is 3. The third kappa shape index (κ3) is 2.89. The summed E-state index contributed by atoms with van der Waals surface area (Å²) in [6.07, 6.45) is 1.31. The van der Waals surface area contributed by atoms with Crippen LogP contribution in [0.5, 0.6) is 0 Å². The van der Waals surface area contributed by atoms with Gasteiger partial charge in [-0.15, -0.1) is 0 Å². The number of halogens is 1. The minimum Gasteiger partial charge on any atom is -0.457 e. The summed E-state index contributed by atoms with van der Waals surface area (Å²) in [5.74, 6) is -0.524. The monoisotopic (exact) mass is 330 g/mol. The molecule has 1 N–H and O–H groups in total. The predicted molar refractivity (Wildman–Crippen MR) is 83.4 cm³/mol. The summed E-state index contributed by atoms with van der Waals surface area (Å²) in [7, 11) is 1.29. The molecule has 1 aromatic carbocycles. The van der Waals surface area contributed by atoms with E-state index < -0.39 is 17.8 Å². The Hall–Kier alpha value is -2.86. The molecule has 1 aromatic heterocycles. The lowest BCUT2D eigenvalue weighted by Gasteiger charge is -2.21. The van der Waals surface area contributed by atoms with Gasteiger partial charge < -0.3 is 4.42 Å². The standard InChI is InChI=1S/C16H11ClN2O4/c1-19-15(21)12(14(20)18-16(19)22)8-11-6-7-13(23-11)9-2-4-10(17)5-3-9/h2-8H,1H3,(H,18,20,22)/b12-8+. The summed E-state index contributed by atoms with van der Waals surface area (Å²) in [6.45, 7) is 0. The summed E-state index contributed by atoms with van der Waals surface area (Å²) in [4.78, 5) is 35.9. The van der Waals surface area contributed by atoms with Crippen molar-refractivity contribution < 1.29 is 18.8 Å². The minimum atomic E-state index is -0.751. The number of furan rings is 1. The molecule has 0 aliphatic carbocycles. The summed E-state index contributed by atoms with van der Waals surface area (Å²) in [6, 6.07) is 9.65. The van der Waals surface area contributed by atoms with Gasteiger partial charge in [-0.25, -0.2) is 4.79 Å². The van der Waals surface area contributed by atoms with Crippen molar-refractivity contribution in [2.24, 2.45) is 0 Å². The maximum absolute atomic E-state index is 12.0. The van der Waals surface area contributed by atoms with Gasteiger partial charge >= 0.3 is 6.03 Å². The minimum absolute atomic E-state index is 0.163. The Labute approximate surface area is 136 Å². The SMILES string of the molecule is CN1C(=O)NC(=O)/C(=C\c2ccc(-c3ccc(Cl)cc3)o2)C1=O. The molecule has 2 heterocycles. The topological polar surface area (TPSA) is 79.6 Å². The van der Waals surface area contributed by atoms with Crippen LogP contribution in [0.25, 0.3) is 17.4 Å². The molecule has 0 saturated carbocycles. The molecule has 2 aromatic rings. The summed E-state index contributed by atoms with van der Waals surface area (Å²) in [5.41, 5.74) is 0.648. The summed E-state index contributed by atoms with van der Waals surface area (Å²) >= 11 is 5.84. The van der Waals surface area contributed by atoms with Crippen LogP contribution in [0, 0.1) is 0 Å². The van der Waals surface area contributed by atoms with E-state index in [9.17, 15) is 14.4 Å². The second kappa shape index (κ2) is 5.73. The first-order valence-electron chi connectivity index (χ1n) is 6.66. The van der Waals surface area contributed by atoms with Gasteiger partial charge in [0.05, 0.1) is 0 Å². The van der Waals surface area contributed by atoms with Crippen molar-refractivity contribution in [3.8, 4) is 11.3 Å². The number of hydrogen-bond acceptors (Lipinski definition) is 4. The number of likely N-dealkylation sites (N-methyl/N-ethyl adjacent to an activating group) is 1. The molecule has 0 spiro atoms. The van der Waals surface area contributed by atoms with E-state index in [1.807, 2.05) is 0 Å². The molecule has 1 aliphatic heterocycles. The molecular formula is C16H11ClN2O4. The lowest BCUT2D eigenvalue weighted by Crippen LogP contribution is -2.52. The fraction of sp³-hybridized carbons (Fsp3) is 0.0625. The van der Waals surface area contributed by atoms with E-state index in [0.29, 0.717) is 16.5 Å². The molecule has 0 atom stereocenters. The third-order valence-corrected chi connectivity index (χ3v) is 3.60. The van der Waals surface area contributed by atoms with Gasteiger partial charge in [-0.2, -0.15) is 0 Å². The lowest BCUT2D eigenvalue weighted by molar-refractivity contribution is -0.129. The average Bonchev–Trinajstić information content (AvgIpc) is 2.99. The fourth-order valence-corrected chi connectivity index (χ4v) is 2.21. The van der Waals surface area contributed by atoms with Gasteiger partial charge in [0.1, 0.15) is 17.1 Å². The van der Waals surface area contributed by atoms with Gasteiger partial charge in [-0.3, -0.25) is 19.8 Å². The predicted octanol–water partition coefficient (Wildman–Crippen LogP) is 2.69. The Kier molecular flexibility index (Phi) is 3.75. The molecule has 1 saturated heterocycles. The Morgan fingerprint density at radius 2 is 1.78 bits per heavy atom. The third-order valence-electron chi connectivity index (χ3n) is 3.35. The molecule has 1 fully saturated rings. The lowest BCUT2D eigenvalue weighted by atomic mass is 10.1. The van der Waals surface area contributed by atoms with Crippen LogP contribution in [0.4, 0.5) is 4.79 Å². The highest BCUT2D eigenvalue weighted by Gasteiger charge is 2.33. The van der Waals surface area contributed by atoms with Crippen molar-refractivity contribution in [3.05, 3.63) is 52.8 Å². The van der Waals surface area contributed by atoms with Crippen LogP contribution in [0.3, 0.4) is 0 Å². The largest absolute Gasteiger partial charge is 0.457 e. The van der Waals surface area contributed by atoms with Crippen molar-refractivity contribution >= 4 is 35.5 Å². The normalized spacial score (nSPS) is 16.9. The highest BCUT2D eigenvalue weighted by Crippen LogP contribution is 2.25. The van der Waals surface area contributed by atoms with Crippen molar-refractivity contribution in [1.29, 1.82) is 0 Å². The highest BCUT2D eigenvalue weighted by atomic mass is 35.5. The zero-order chi connectivity index (χ0) is 16.6.